The standard InChI is InChI=1S/C19H12F3NO/c20-15-6-2-1-4-12(15)10-18-13(11-24)8-9-17(23-18)14-5-3-7-16(21)19(14)22/h1-9,11H,10H2. The first-order valence-electron chi connectivity index (χ1n) is 7.23. The third-order valence-corrected chi connectivity index (χ3v) is 3.68. The van der Waals surface area contributed by atoms with Crippen LogP contribution in [-0.2, 0) is 6.42 Å². The fourth-order valence-electron chi connectivity index (χ4n) is 2.43. The van der Waals surface area contributed by atoms with E-state index in [9.17, 15) is 18.0 Å². The predicted molar refractivity (Wildman–Crippen MR) is 84.2 cm³/mol. The summed E-state index contributed by atoms with van der Waals surface area (Å²) in [5.41, 5.74) is 1.12. The number of pyridine rings is 1. The summed E-state index contributed by atoms with van der Waals surface area (Å²) in [5, 5.41) is 0. The van der Waals surface area contributed by atoms with Crippen molar-refractivity contribution in [2.24, 2.45) is 0 Å². The molecule has 2 aromatic carbocycles. The molecule has 120 valence electrons. The van der Waals surface area contributed by atoms with Crippen molar-refractivity contribution in [3.8, 4) is 11.3 Å². The van der Waals surface area contributed by atoms with Gasteiger partial charge in [0.1, 0.15) is 5.82 Å². The normalized spacial score (nSPS) is 10.6. The zero-order valence-corrected chi connectivity index (χ0v) is 12.5. The van der Waals surface area contributed by atoms with E-state index in [1.54, 1.807) is 18.2 Å². The zero-order valence-electron chi connectivity index (χ0n) is 12.5. The van der Waals surface area contributed by atoms with Crippen molar-refractivity contribution in [1.82, 2.24) is 4.98 Å². The first-order chi connectivity index (χ1) is 11.6. The highest BCUT2D eigenvalue weighted by molar-refractivity contribution is 5.78. The SMILES string of the molecule is O=Cc1ccc(-c2cccc(F)c2F)nc1Cc1ccccc1F. The van der Waals surface area contributed by atoms with Gasteiger partial charge >= 0.3 is 0 Å². The van der Waals surface area contributed by atoms with E-state index >= 15 is 0 Å². The molecule has 0 aliphatic rings. The van der Waals surface area contributed by atoms with Gasteiger partial charge in [0.25, 0.3) is 0 Å². The summed E-state index contributed by atoms with van der Waals surface area (Å²) >= 11 is 0. The Morgan fingerprint density at radius 1 is 0.875 bits per heavy atom. The second-order valence-corrected chi connectivity index (χ2v) is 5.22. The van der Waals surface area contributed by atoms with E-state index in [2.05, 4.69) is 4.98 Å². The van der Waals surface area contributed by atoms with Crippen molar-refractivity contribution in [2.45, 2.75) is 6.42 Å². The van der Waals surface area contributed by atoms with Gasteiger partial charge in [-0.3, -0.25) is 9.78 Å². The number of aromatic nitrogens is 1. The number of carbonyl (C=O) groups excluding carboxylic acids is 1. The number of hydrogen-bond donors (Lipinski definition) is 0. The molecule has 0 atom stereocenters. The van der Waals surface area contributed by atoms with Gasteiger partial charge in [-0.05, 0) is 35.9 Å². The molecule has 0 N–H and O–H groups in total. The minimum absolute atomic E-state index is 0.0118. The van der Waals surface area contributed by atoms with Crippen molar-refractivity contribution >= 4 is 6.29 Å². The Kier molecular flexibility index (Phi) is 4.42. The lowest BCUT2D eigenvalue weighted by atomic mass is 10.0. The van der Waals surface area contributed by atoms with Gasteiger partial charge in [-0.15, -0.1) is 0 Å². The minimum atomic E-state index is -1.01. The summed E-state index contributed by atoms with van der Waals surface area (Å²) in [6.07, 6.45) is 0.681. The molecule has 0 amide bonds. The third-order valence-electron chi connectivity index (χ3n) is 3.68. The van der Waals surface area contributed by atoms with Crippen molar-refractivity contribution in [2.75, 3.05) is 0 Å². The number of benzene rings is 2. The van der Waals surface area contributed by atoms with Crippen LogP contribution in [0.5, 0.6) is 0 Å². The van der Waals surface area contributed by atoms with Crippen LogP contribution < -0.4 is 0 Å². The fourth-order valence-corrected chi connectivity index (χ4v) is 2.43. The lowest BCUT2D eigenvalue weighted by Gasteiger charge is -2.09. The highest BCUT2D eigenvalue weighted by Gasteiger charge is 2.14. The van der Waals surface area contributed by atoms with E-state index < -0.39 is 17.5 Å². The molecule has 1 aromatic heterocycles. The summed E-state index contributed by atoms with van der Waals surface area (Å²) in [6, 6.07) is 12.8. The molecule has 0 aliphatic heterocycles. The number of rotatable bonds is 4. The van der Waals surface area contributed by atoms with E-state index in [0.717, 1.165) is 6.07 Å². The lowest BCUT2D eigenvalue weighted by Crippen LogP contribution is -2.02. The summed E-state index contributed by atoms with van der Waals surface area (Å²) < 4.78 is 41.2. The Hall–Kier alpha value is -2.95. The van der Waals surface area contributed by atoms with Crippen molar-refractivity contribution in [1.29, 1.82) is 0 Å². The van der Waals surface area contributed by atoms with Crippen LogP contribution in [0.1, 0.15) is 21.6 Å². The second kappa shape index (κ2) is 6.66. The molecule has 1 heterocycles. The fraction of sp³-hybridized carbons (Fsp3) is 0.0526. The Bertz CT molecular complexity index is 909. The molecule has 0 unspecified atom stereocenters. The van der Waals surface area contributed by atoms with E-state index in [0.29, 0.717) is 17.5 Å². The van der Waals surface area contributed by atoms with E-state index in [4.69, 9.17) is 0 Å². The van der Waals surface area contributed by atoms with Gasteiger partial charge in [-0.2, -0.15) is 0 Å². The van der Waals surface area contributed by atoms with Crippen LogP contribution in [0.2, 0.25) is 0 Å². The highest BCUT2D eigenvalue weighted by Crippen LogP contribution is 2.25. The Balaban J connectivity index is 2.07. The Morgan fingerprint density at radius 3 is 2.38 bits per heavy atom. The molecule has 5 heteroatoms. The topological polar surface area (TPSA) is 30.0 Å². The van der Waals surface area contributed by atoms with Gasteiger partial charge < -0.3 is 0 Å². The van der Waals surface area contributed by atoms with Crippen molar-refractivity contribution < 1.29 is 18.0 Å². The molecule has 0 aliphatic carbocycles. The minimum Gasteiger partial charge on any atom is -0.298 e. The van der Waals surface area contributed by atoms with E-state index in [1.807, 2.05) is 0 Å². The van der Waals surface area contributed by atoms with Gasteiger partial charge in [0.2, 0.25) is 0 Å². The average Bonchev–Trinajstić information content (AvgIpc) is 2.59. The predicted octanol–water partition coefficient (Wildman–Crippen LogP) is 4.57. The van der Waals surface area contributed by atoms with Crippen LogP contribution in [0.3, 0.4) is 0 Å². The van der Waals surface area contributed by atoms with Crippen LogP contribution in [0.25, 0.3) is 11.3 Å². The van der Waals surface area contributed by atoms with Gasteiger partial charge in [0.15, 0.2) is 17.9 Å². The molecule has 0 bridgehead atoms. The largest absolute Gasteiger partial charge is 0.298 e. The molecule has 24 heavy (non-hydrogen) atoms. The molecule has 2 nitrogen and oxygen atoms in total. The molecule has 0 saturated heterocycles. The lowest BCUT2D eigenvalue weighted by molar-refractivity contribution is 0.112. The molecule has 3 rings (SSSR count). The Morgan fingerprint density at radius 2 is 1.62 bits per heavy atom. The van der Waals surface area contributed by atoms with Crippen LogP contribution in [-0.4, -0.2) is 11.3 Å². The van der Waals surface area contributed by atoms with Crippen molar-refractivity contribution in [3.63, 3.8) is 0 Å². The average molecular weight is 327 g/mol. The number of carbonyl (C=O) groups is 1. The number of halogens is 3. The quantitative estimate of drug-likeness (QED) is 0.657. The maximum absolute atomic E-state index is 13.9. The van der Waals surface area contributed by atoms with E-state index in [1.165, 1.54) is 30.3 Å². The monoisotopic (exact) mass is 327 g/mol. The highest BCUT2D eigenvalue weighted by atomic mass is 19.2. The Labute approximate surface area is 136 Å². The second-order valence-electron chi connectivity index (χ2n) is 5.22. The summed E-state index contributed by atoms with van der Waals surface area (Å²) in [4.78, 5) is 15.5. The van der Waals surface area contributed by atoms with Gasteiger partial charge in [0.05, 0.1) is 11.4 Å². The molecular formula is C19H12F3NO. The third kappa shape index (κ3) is 3.06. The molecule has 0 saturated carbocycles. The molecule has 3 aromatic rings. The molecular weight excluding hydrogens is 315 g/mol. The maximum atomic E-state index is 13.9. The first-order valence-corrected chi connectivity index (χ1v) is 7.23. The van der Waals surface area contributed by atoms with Crippen LogP contribution in [0.15, 0.2) is 54.6 Å². The number of hydrogen-bond acceptors (Lipinski definition) is 2. The number of nitrogens with zero attached hydrogens (tertiary/aromatic N) is 1. The van der Waals surface area contributed by atoms with Gasteiger partial charge in [-0.25, -0.2) is 13.2 Å². The van der Waals surface area contributed by atoms with Crippen molar-refractivity contribution in [3.05, 3.63) is 88.9 Å². The molecule has 0 fully saturated rings. The summed E-state index contributed by atoms with van der Waals surface area (Å²) in [7, 11) is 0. The zero-order chi connectivity index (χ0) is 17.1. The molecule has 0 spiro atoms. The maximum Gasteiger partial charge on any atom is 0.168 e. The van der Waals surface area contributed by atoms with Gasteiger partial charge in [0, 0.05) is 17.5 Å². The first kappa shape index (κ1) is 15.9. The number of aldehydes is 1. The van der Waals surface area contributed by atoms with Crippen LogP contribution in [0, 0.1) is 17.5 Å². The molecule has 0 radical (unpaired) electrons. The summed E-state index contributed by atoms with van der Waals surface area (Å²) in [5.74, 6) is -2.41. The summed E-state index contributed by atoms with van der Waals surface area (Å²) in [6.45, 7) is 0. The smallest absolute Gasteiger partial charge is 0.168 e. The van der Waals surface area contributed by atoms with E-state index in [-0.39, 0.29) is 23.2 Å². The van der Waals surface area contributed by atoms with Crippen LogP contribution >= 0.6 is 0 Å². The van der Waals surface area contributed by atoms with Gasteiger partial charge in [-0.1, -0.05) is 24.3 Å². The van der Waals surface area contributed by atoms with Crippen LogP contribution in [0.4, 0.5) is 13.2 Å².